The van der Waals surface area contributed by atoms with Gasteiger partial charge in [-0.15, -0.1) is 0 Å². The Bertz CT molecular complexity index is 501. The molecule has 114 valence electrons. The smallest absolute Gasteiger partial charge is 0.326 e. The summed E-state index contributed by atoms with van der Waals surface area (Å²) in [5.41, 5.74) is 0.352. The molecule has 7 heteroatoms. The summed E-state index contributed by atoms with van der Waals surface area (Å²) in [6.07, 6.45) is -1.54. The van der Waals surface area contributed by atoms with Crippen LogP contribution in [0.5, 0.6) is 0 Å². The lowest BCUT2D eigenvalue weighted by atomic mass is 10.1. The van der Waals surface area contributed by atoms with Crippen LogP contribution in [0, 0.1) is 0 Å². The Labute approximate surface area is 121 Å². The van der Waals surface area contributed by atoms with Crippen molar-refractivity contribution in [2.75, 3.05) is 0 Å². The molecule has 0 spiro atoms. The fraction of sp³-hybridized carbons (Fsp3) is 0.357. The predicted molar refractivity (Wildman–Crippen MR) is 72.5 cm³/mol. The van der Waals surface area contributed by atoms with E-state index in [9.17, 15) is 19.5 Å². The molecule has 0 aliphatic carbocycles. The van der Waals surface area contributed by atoms with Crippen LogP contribution in [0.3, 0.4) is 0 Å². The number of carboxylic acid groups (broad SMARTS) is 2. The van der Waals surface area contributed by atoms with Gasteiger partial charge in [0.05, 0.1) is 0 Å². The molecule has 0 aliphatic rings. The maximum Gasteiger partial charge on any atom is 0.326 e. The second-order valence-corrected chi connectivity index (χ2v) is 4.50. The maximum absolute atomic E-state index is 11.8. The monoisotopic (exact) mass is 295 g/mol. The van der Waals surface area contributed by atoms with Crippen LogP contribution in [-0.2, 0) is 14.4 Å². The molecule has 1 unspecified atom stereocenters. The van der Waals surface area contributed by atoms with E-state index in [1.807, 2.05) is 0 Å². The number of carbonyl (C=O) groups is 3. The Morgan fingerprint density at radius 1 is 1.10 bits per heavy atom. The van der Waals surface area contributed by atoms with Crippen molar-refractivity contribution in [1.29, 1.82) is 0 Å². The lowest BCUT2D eigenvalue weighted by Crippen LogP contribution is -2.43. The lowest BCUT2D eigenvalue weighted by Gasteiger charge is -2.17. The predicted octanol–water partition coefficient (Wildman–Crippen LogP) is 0.544. The average Bonchev–Trinajstić information content (AvgIpc) is 2.45. The van der Waals surface area contributed by atoms with Crippen LogP contribution in [0.2, 0.25) is 0 Å². The van der Waals surface area contributed by atoms with Crippen LogP contribution >= 0.6 is 0 Å². The van der Waals surface area contributed by atoms with Crippen LogP contribution in [0.15, 0.2) is 30.3 Å². The molecule has 0 bridgehead atoms. The first-order chi connectivity index (χ1) is 9.91. The summed E-state index contributed by atoms with van der Waals surface area (Å²) >= 11 is 0. The molecule has 1 aromatic rings. The zero-order chi connectivity index (χ0) is 15.8. The molecule has 2 atom stereocenters. The average molecular weight is 295 g/mol. The van der Waals surface area contributed by atoms with E-state index in [0.717, 1.165) is 0 Å². The molecular formula is C14H17NO6. The van der Waals surface area contributed by atoms with E-state index in [1.54, 1.807) is 30.3 Å². The van der Waals surface area contributed by atoms with Gasteiger partial charge in [0.2, 0.25) is 0 Å². The fourth-order valence-corrected chi connectivity index (χ4v) is 1.75. The molecule has 0 saturated carbocycles. The number of carbonyl (C=O) groups excluding carboxylic acids is 1. The van der Waals surface area contributed by atoms with Gasteiger partial charge in [-0.3, -0.25) is 9.59 Å². The summed E-state index contributed by atoms with van der Waals surface area (Å²) in [5, 5.41) is 29.5. The third-order valence-corrected chi connectivity index (χ3v) is 2.86. The van der Waals surface area contributed by atoms with Gasteiger partial charge in [0, 0.05) is 6.42 Å². The van der Waals surface area contributed by atoms with E-state index in [4.69, 9.17) is 10.2 Å². The molecule has 21 heavy (non-hydrogen) atoms. The SMILES string of the molecule is O=C(O)CCC[C@@H](NC(=O)C(O)c1ccccc1)C(=O)O. The highest BCUT2D eigenvalue weighted by Crippen LogP contribution is 2.13. The van der Waals surface area contributed by atoms with Crippen molar-refractivity contribution in [3.63, 3.8) is 0 Å². The molecule has 0 aliphatic heterocycles. The third-order valence-electron chi connectivity index (χ3n) is 2.86. The van der Waals surface area contributed by atoms with Crippen molar-refractivity contribution in [2.24, 2.45) is 0 Å². The molecule has 0 radical (unpaired) electrons. The van der Waals surface area contributed by atoms with Crippen LogP contribution in [-0.4, -0.2) is 39.2 Å². The Morgan fingerprint density at radius 2 is 1.71 bits per heavy atom. The standard InChI is InChI=1S/C14H17NO6/c16-11(17)8-4-7-10(14(20)21)15-13(19)12(18)9-5-2-1-3-6-9/h1-3,5-6,10,12,18H,4,7-8H2,(H,15,19)(H,16,17)(H,20,21)/t10-,12?/m1/s1. The van der Waals surface area contributed by atoms with Gasteiger partial charge in [-0.05, 0) is 18.4 Å². The van der Waals surface area contributed by atoms with Gasteiger partial charge in [0.15, 0.2) is 6.10 Å². The Morgan fingerprint density at radius 3 is 2.24 bits per heavy atom. The van der Waals surface area contributed by atoms with Gasteiger partial charge in [0.25, 0.3) is 5.91 Å². The van der Waals surface area contributed by atoms with Crippen molar-refractivity contribution in [3.8, 4) is 0 Å². The zero-order valence-corrected chi connectivity index (χ0v) is 11.2. The summed E-state index contributed by atoms with van der Waals surface area (Å²) in [7, 11) is 0. The lowest BCUT2D eigenvalue weighted by molar-refractivity contribution is -0.144. The second-order valence-electron chi connectivity index (χ2n) is 4.50. The number of aliphatic hydroxyl groups excluding tert-OH is 1. The first-order valence-corrected chi connectivity index (χ1v) is 6.39. The normalized spacial score (nSPS) is 13.2. The summed E-state index contributed by atoms with van der Waals surface area (Å²) in [6, 6.07) is 6.88. The van der Waals surface area contributed by atoms with Crippen molar-refractivity contribution < 1.29 is 29.7 Å². The van der Waals surface area contributed by atoms with E-state index >= 15 is 0 Å². The molecule has 0 fully saturated rings. The van der Waals surface area contributed by atoms with Crippen LogP contribution in [0.1, 0.15) is 30.9 Å². The molecule has 0 heterocycles. The molecule has 1 rings (SSSR count). The minimum atomic E-state index is -1.47. The van der Waals surface area contributed by atoms with Gasteiger partial charge >= 0.3 is 11.9 Å². The van der Waals surface area contributed by atoms with Crippen molar-refractivity contribution >= 4 is 17.8 Å². The first kappa shape index (κ1) is 16.6. The van der Waals surface area contributed by atoms with E-state index in [2.05, 4.69) is 5.32 Å². The number of rotatable bonds is 8. The summed E-state index contributed by atoms with van der Waals surface area (Å²) in [6.45, 7) is 0. The molecular weight excluding hydrogens is 278 g/mol. The van der Waals surface area contributed by atoms with Gasteiger partial charge in [-0.1, -0.05) is 30.3 Å². The Hall–Kier alpha value is -2.41. The molecule has 0 aromatic heterocycles. The zero-order valence-electron chi connectivity index (χ0n) is 11.2. The topological polar surface area (TPSA) is 124 Å². The highest BCUT2D eigenvalue weighted by Gasteiger charge is 2.24. The number of carboxylic acids is 2. The number of nitrogens with one attached hydrogen (secondary N) is 1. The molecule has 0 saturated heterocycles. The van der Waals surface area contributed by atoms with Crippen molar-refractivity contribution in [1.82, 2.24) is 5.32 Å². The minimum absolute atomic E-state index is 0.0190. The Balaban J connectivity index is 2.60. The second kappa shape index (κ2) is 8.01. The largest absolute Gasteiger partial charge is 0.481 e. The van der Waals surface area contributed by atoms with Gasteiger partial charge in [-0.25, -0.2) is 4.79 Å². The molecule has 1 amide bonds. The first-order valence-electron chi connectivity index (χ1n) is 6.39. The number of benzene rings is 1. The van der Waals surface area contributed by atoms with Crippen molar-refractivity contribution in [3.05, 3.63) is 35.9 Å². The Kier molecular flexibility index (Phi) is 6.35. The van der Waals surface area contributed by atoms with Gasteiger partial charge < -0.3 is 20.6 Å². The quantitative estimate of drug-likeness (QED) is 0.555. The highest BCUT2D eigenvalue weighted by molar-refractivity contribution is 5.86. The molecule has 4 N–H and O–H groups in total. The fourth-order valence-electron chi connectivity index (χ4n) is 1.75. The van der Waals surface area contributed by atoms with Crippen molar-refractivity contribution in [2.45, 2.75) is 31.4 Å². The third kappa shape index (κ3) is 5.62. The maximum atomic E-state index is 11.8. The van der Waals surface area contributed by atoms with Crippen LogP contribution < -0.4 is 5.32 Å². The number of amides is 1. The van der Waals surface area contributed by atoms with Crippen LogP contribution in [0.25, 0.3) is 0 Å². The number of aliphatic carboxylic acids is 2. The van der Waals surface area contributed by atoms with Gasteiger partial charge in [-0.2, -0.15) is 0 Å². The summed E-state index contributed by atoms with van der Waals surface area (Å²) in [5.74, 6) is -3.13. The summed E-state index contributed by atoms with van der Waals surface area (Å²) in [4.78, 5) is 33.2. The number of hydrogen-bond donors (Lipinski definition) is 4. The minimum Gasteiger partial charge on any atom is -0.481 e. The number of hydrogen-bond acceptors (Lipinski definition) is 4. The molecule has 7 nitrogen and oxygen atoms in total. The van der Waals surface area contributed by atoms with E-state index in [0.29, 0.717) is 5.56 Å². The van der Waals surface area contributed by atoms with Crippen LogP contribution in [0.4, 0.5) is 0 Å². The van der Waals surface area contributed by atoms with E-state index < -0.39 is 30.0 Å². The highest BCUT2D eigenvalue weighted by atomic mass is 16.4. The van der Waals surface area contributed by atoms with E-state index in [1.165, 1.54) is 0 Å². The molecule has 1 aromatic carbocycles. The van der Waals surface area contributed by atoms with E-state index in [-0.39, 0.29) is 19.3 Å². The number of aliphatic hydroxyl groups is 1. The summed E-state index contributed by atoms with van der Waals surface area (Å²) < 4.78 is 0. The van der Waals surface area contributed by atoms with Gasteiger partial charge in [0.1, 0.15) is 6.04 Å².